The maximum absolute atomic E-state index is 13.3. The van der Waals surface area contributed by atoms with Crippen LogP contribution >= 0.6 is 50.5 Å². The maximum atomic E-state index is 13.3. The SMILES string of the molecule is C#C[C@]1(O)CCC2=Cc3c(cnn3-c3ccc(F)cc3)C[C@@]21C.C[C@]12Cc3cnn(-c4ccc(F)cc4)c3C=C1CC[C@@]2(O)C#CBr.C[C@]12Cc3cnn(-c4ccc(F)cc4)c3C=C1CC[C@@]2(O)C#Cc1cccc(Cl)c1.C[C@]12Cc3cnn(-c4ccc(F)cc4)c3C=C1CC[C@@]2(O)CCc1cccc(Cl)c1.C[C@]12Cc3cnn(-c4ccc(F)cc4)c3C=C1CC[C@@]2(O)c1cc2ccccc2s1. The summed E-state index contributed by atoms with van der Waals surface area (Å²) in [7, 11) is 0. The number of fused-ring (bicyclic) bond motifs is 11. The van der Waals surface area contributed by atoms with Gasteiger partial charge in [0.15, 0.2) is 0 Å². The first-order valence-electron chi connectivity index (χ1n) is 46.1. The van der Waals surface area contributed by atoms with E-state index in [0.29, 0.717) is 50.0 Å². The zero-order valence-electron chi connectivity index (χ0n) is 76.1. The third-order valence-electron chi connectivity index (χ3n) is 31.4. The normalized spacial score (nSPS) is 26.0. The van der Waals surface area contributed by atoms with Gasteiger partial charge in [-0.3, -0.25) is 0 Å². The molecule has 14 aromatic rings. The number of hydrogen-bond donors (Lipinski definition) is 5. The summed E-state index contributed by atoms with van der Waals surface area (Å²) in [4.78, 5) is 3.74. The largest absolute Gasteiger partial charge is 0.389 e. The van der Waals surface area contributed by atoms with E-state index >= 15 is 0 Å². The summed E-state index contributed by atoms with van der Waals surface area (Å²) in [5.41, 5.74) is 15.7. The molecule has 0 saturated heterocycles. The van der Waals surface area contributed by atoms with Gasteiger partial charge in [-0.1, -0.05) is 146 Å². The Morgan fingerprint density at radius 1 is 0.387 bits per heavy atom. The van der Waals surface area contributed by atoms with Crippen molar-refractivity contribution in [1.29, 1.82) is 0 Å². The standard InChI is InChI=1S/C25H24ClFN2O.C25H20ClFN2O.C25H21FN2OS.C19H16BrFN2O.C19H17FN2O/c2*1-24-15-18-16-28-29(22-7-5-21(27)6-8-22)23(18)14-19(24)10-12-25(24,30)11-9-17-3-2-4-20(26)13-17;1-24-14-17-15-27-28(20-8-6-19(26)7-9-20)21(17)13-18(24)10-11-25(24,29)23-12-16-4-2-3-5-22(16)30-23;1-18-11-13-12-22-23(16-4-2-15(21)3-5-16)17(13)10-14(18)6-7-19(18,24)8-9-20;1-3-19(23)9-8-14-10-17-13(11-18(14,19)2)12-21-22(17)16-6-4-15(20)5-7-16/h2-8,13-14,16,30H,9-12,15H2,1H3;2-8,13-14,16,30H,10,12,15H2,1H3;2-9,12-13,15,29H,10-11,14H2,1H3;2-5,10,12,24H,6-7,11H2,1H3;1,4-7,10,12,23H,8-9,11H2,2H3/t2*24-,25-;24-,25+;18-,19+;18-,19-/m00000/s1. The van der Waals surface area contributed by atoms with E-state index in [4.69, 9.17) is 29.6 Å². The second-order valence-corrected chi connectivity index (χ2v) is 41.3. The molecule has 692 valence electrons. The van der Waals surface area contributed by atoms with Gasteiger partial charge in [0.05, 0.1) is 93.5 Å². The summed E-state index contributed by atoms with van der Waals surface area (Å²) >= 11 is 17.0. The van der Waals surface area contributed by atoms with E-state index < -0.39 is 44.3 Å². The second kappa shape index (κ2) is 35.3. The zero-order chi connectivity index (χ0) is 95.6. The topological polar surface area (TPSA) is 190 Å². The molecule has 0 unspecified atom stereocenters. The van der Waals surface area contributed by atoms with Gasteiger partial charge < -0.3 is 25.5 Å². The molecule has 24 heteroatoms. The van der Waals surface area contributed by atoms with Crippen LogP contribution in [0.25, 0.3) is 68.9 Å². The van der Waals surface area contributed by atoms with Gasteiger partial charge in [0.2, 0.25) is 0 Å². The zero-order valence-corrected chi connectivity index (χ0v) is 80.0. The number of hydrogen-bond acceptors (Lipinski definition) is 11. The van der Waals surface area contributed by atoms with Crippen LogP contribution in [0.3, 0.4) is 0 Å². The van der Waals surface area contributed by atoms with Gasteiger partial charge in [-0.05, 0) is 347 Å². The minimum atomic E-state index is -1.13. The van der Waals surface area contributed by atoms with Gasteiger partial charge in [-0.15, -0.1) is 17.8 Å². The number of benzene rings is 8. The molecule has 8 aromatic carbocycles. The van der Waals surface area contributed by atoms with Crippen molar-refractivity contribution in [3.8, 4) is 63.4 Å². The number of rotatable bonds is 9. The molecule has 0 bridgehead atoms. The van der Waals surface area contributed by atoms with Gasteiger partial charge in [-0.25, -0.2) is 45.4 Å². The fourth-order valence-electron chi connectivity index (χ4n) is 22.8. The fourth-order valence-corrected chi connectivity index (χ4v) is 24.8. The molecule has 15 nitrogen and oxygen atoms in total. The minimum Gasteiger partial charge on any atom is -0.389 e. The Hall–Kier alpha value is -12.3. The monoisotopic (exact) mass is 1950 g/mol. The lowest BCUT2D eigenvalue weighted by Crippen LogP contribution is -2.45. The van der Waals surface area contributed by atoms with Crippen LogP contribution in [0.1, 0.15) is 178 Å². The van der Waals surface area contributed by atoms with Gasteiger partial charge in [0.1, 0.15) is 51.5 Å². The summed E-state index contributed by atoms with van der Waals surface area (Å²) in [6.45, 7) is 10.6. The first kappa shape index (κ1) is 92.4. The molecule has 6 heterocycles. The number of thiophene rings is 1. The Morgan fingerprint density at radius 2 is 0.730 bits per heavy atom. The Labute approximate surface area is 814 Å². The van der Waals surface area contributed by atoms with Crippen molar-refractivity contribution in [2.45, 2.75) is 172 Å². The molecule has 137 heavy (non-hydrogen) atoms. The molecule has 10 atom stereocenters. The fraction of sp³-hybridized carbons (Fsp3) is 0.283. The average molecular weight is 1950 g/mol. The van der Waals surface area contributed by atoms with Crippen molar-refractivity contribution in [2.75, 3.05) is 0 Å². The molecular weight excluding hydrogens is 1860 g/mol. The second-order valence-electron chi connectivity index (χ2n) is 39.0. The Bertz CT molecular complexity index is 7460. The number of aryl methyl sites for hydroxylation is 1. The number of aromatic nitrogens is 10. The van der Waals surface area contributed by atoms with E-state index in [2.05, 4.69) is 152 Å². The highest BCUT2D eigenvalue weighted by Crippen LogP contribution is 2.63. The van der Waals surface area contributed by atoms with E-state index in [1.165, 1.54) is 93.0 Å². The van der Waals surface area contributed by atoms with Crippen molar-refractivity contribution in [1.82, 2.24) is 48.9 Å². The lowest BCUT2D eigenvalue weighted by Gasteiger charge is -2.42. The van der Waals surface area contributed by atoms with Crippen LogP contribution in [-0.2, 0) is 44.1 Å². The minimum absolute atomic E-state index is 0.255. The van der Waals surface area contributed by atoms with Crippen LogP contribution in [-0.4, -0.2) is 96.8 Å². The van der Waals surface area contributed by atoms with E-state index in [1.807, 2.05) is 104 Å². The number of aliphatic hydroxyl groups is 5. The van der Waals surface area contributed by atoms with Crippen LogP contribution in [0.15, 0.2) is 259 Å². The third kappa shape index (κ3) is 16.1. The van der Waals surface area contributed by atoms with Crippen molar-refractivity contribution < 1.29 is 47.5 Å². The van der Waals surface area contributed by atoms with Crippen molar-refractivity contribution >= 4 is 90.9 Å². The molecule has 24 rings (SSSR count). The molecule has 0 aliphatic heterocycles. The van der Waals surface area contributed by atoms with Crippen molar-refractivity contribution in [2.24, 2.45) is 27.1 Å². The summed E-state index contributed by atoms with van der Waals surface area (Å²) in [5.74, 6) is 10.5. The Kier molecular flexibility index (Phi) is 23.8. The first-order chi connectivity index (χ1) is 65.7. The highest BCUT2D eigenvalue weighted by Gasteiger charge is 2.60. The lowest BCUT2D eigenvalue weighted by molar-refractivity contribution is -0.0461. The highest BCUT2D eigenvalue weighted by atomic mass is 79.9. The quantitative estimate of drug-likeness (QED) is 0.0687. The molecular formula is C113H98BrCl2F5N10O5S. The van der Waals surface area contributed by atoms with Crippen LogP contribution in [0.5, 0.6) is 0 Å². The summed E-state index contributed by atoms with van der Waals surface area (Å²) < 4.78 is 76.7. The van der Waals surface area contributed by atoms with Crippen LogP contribution in [0, 0.1) is 91.1 Å². The molecule has 0 radical (unpaired) electrons. The molecule has 5 fully saturated rings. The van der Waals surface area contributed by atoms with Crippen molar-refractivity contribution in [3.63, 3.8) is 0 Å². The lowest BCUT2D eigenvalue weighted by atomic mass is 9.65. The highest BCUT2D eigenvalue weighted by molar-refractivity contribution is 9.12. The molecule has 5 N–H and O–H groups in total. The van der Waals surface area contributed by atoms with Gasteiger partial charge in [0.25, 0.3) is 0 Å². The third-order valence-corrected chi connectivity index (χ3v) is 33.3. The first-order valence-corrected chi connectivity index (χ1v) is 48.5. The molecule has 10 aliphatic carbocycles. The molecule has 0 spiro atoms. The van der Waals surface area contributed by atoms with E-state index in [9.17, 15) is 47.5 Å². The summed E-state index contributed by atoms with van der Waals surface area (Å²) in [6, 6.07) is 57.4. The number of nitrogens with zero attached hydrogens (tertiary/aromatic N) is 10. The molecule has 5 saturated carbocycles. The number of terminal acetylenes is 1. The van der Waals surface area contributed by atoms with Crippen LogP contribution < -0.4 is 0 Å². The molecule has 6 aromatic heterocycles. The predicted octanol–water partition coefficient (Wildman–Crippen LogP) is 23.8. The Balaban J connectivity index is 0.000000106. The average Bonchev–Trinajstić information content (AvgIpc) is 1.55. The summed E-state index contributed by atoms with van der Waals surface area (Å²) in [6.07, 6.45) is 37.9. The van der Waals surface area contributed by atoms with Gasteiger partial charge in [0, 0.05) is 68.2 Å². The predicted molar refractivity (Wildman–Crippen MR) is 532 cm³/mol. The van der Waals surface area contributed by atoms with Crippen LogP contribution in [0.2, 0.25) is 10.0 Å². The van der Waals surface area contributed by atoms with Crippen LogP contribution in [0.4, 0.5) is 22.0 Å². The van der Waals surface area contributed by atoms with Gasteiger partial charge in [-0.2, -0.15) is 25.5 Å². The van der Waals surface area contributed by atoms with E-state index in [1.54, 1.807) is 84.1 Å². The van der Waals surface area contributed by atoms with Crippen molar-refractivity contribution in [3.05, 3.63) is 370 Å². The van der Waals surface area contributed by atoms with E-state index in [0.717, 1.165) is 176 Å². The molecule has 0 amide bonds. The van der Waals surface area contributed by atoms with Gasteiger partial charge >= 0.3 is 0 Å². The maximum Gasteiger partial charge on any atom is 0.136 e. The van der Waals surface area contributed by atoms with E-state index in [-0.39, 0.29) is 39.9 Å². The smallest absolute Gasteiger partial charge is 0.136 e. The summed E-state index contributed by atoms with van der Waals surface area (Å²) in [5, 5.41) is 82.2. The number of halogens is 8. The Morgan fingerprint density at radius 3 is 1.12 bits per heavy atom. The molecule has 10 aliphatic rings.